The number of nitrogens with one attached hydrogen (secondary N) is 1. The molecule has 9 aromatic carbocycles. The summed E-state index contributed by atoms with van der Waals surface area (Å²) in [4.78, 5) is 10.1. The van der Waals surface area contributed by atoms with Crippen LogP contribution in [-0.4, -0.2) is 17.9 Å². The number of nitrogens with zero attached hydrogens (tertiary/aromatic N) is 2. The molecule has 3 nitrogen and oxygen atoms in total. The molecule has 0 heterocycles. The summed E-state index contributed by atoms with van der Waals surface area (Å²) in [6, 6.07) is 65.1. The van der Waals surface area contributed by atoms with Gasteiger partial charge in [-0.05, 0) is 77.5 Å². The topological polar surface area (TPSA) is 48.6 Å². The lowest BCUT2D eigenvalue weighted by atomic mass is 9.94. The number of rotatable bonds is 5. The summed E-state index contributed by atoms with van der Waals surface area (Å²) in [7, 11) is 0. The summed E-state index contributed by atoms with van der Waals surface area (Å²) in [5.74, 6) is 0.622. The minimum absolute atomic E-state index is 0.149. The van der Waals surface area contributed by atoms with Gasteiger partial charge in [0, 0.05) is 22.9 Å². The van der Waals surface area contributed by atoms with Gasteiger partial charge in [0.05, 0.1) is 0 Å². The Balaban J connectivity index is 1.20. The highest BCUT2D eigenvalue weighted by Gasteiger charge is 2.13. The van der Waals surface area contributed by atoms with E-state index < -0.39 is 0 Å². The molecular formula is C49H33N3. The van der Waals surface area contributed by atoms with Crippen LogP contribution in [0.5, 0.6) is 0 Å². The molecule has 9 aromatic rings. The average molecular weight is 664 g/mol. The van der Waals surface area contributed by atoms with Crippen molar-refractivity contribution in [3.8, 4) is 22.3 Å². The fourth-order valence-corrected chi connectivity index (χ4v) is 7.21. The maximum atomic E-state index is 9.18. The predicted octanol–water partition coefficient (Wildman–Crippen LogP) is 12.5. The van der Waals surface area contributed by atoms with Crippen molar-refractivity contribution in [2.75, 3.05) is 0 Å². The van der Waals surface area contributed by atoms with Gasteiger partial charge < -0.3 is 0 Å². The van der Waals surface area contributed by atoms with Crippen molar-refractivity contribution in [1.82, 2.24) is 0 Å². The highest BCUT2D eigenvalue weighted by atomic mass is 14.9. The van der Waals surface area contributed by atoms with E-state index in [1.54, 1.807) is 0 Å². The SMILES string of the molecule is N=C(N=C(N=Cc1c2ccccc2cc2c1ccc1ccccc12)c1cccc(-c2cccc3ccccc23)c1)c1ccc(-c2ccccc2)cc1. The van der Waals surface area contributed by atoms with Crippen molar-refractivity contribution in [2.45, 2.75) is 0 Å². The Bertz CT molecular complexity index is 2840. The van der Waals surface area contributed by atoms with Crippen molar-refractivity contribution in [3.63, 3.8) is 0 Å². The Labute approximate surface area is 302 Å². The Kier molecular flexibility index (Phi) is 7.99. The second-order valence-corrected chi connectivity index (χ2v) is 13.0. The smallest absolute Gasteiger partial charge is 0.161 e. The fourth-order valence-electron chi connectivity index (χ4n) is 7.21. The van der Waals surface area contributed by atoms with E-state index in [1.165, 1.54) is 26.9 Å². The molecule has 0 aliphatic carbocycles. The number of benzene rings is 9. The van der Waals surface area contributed by atoms with Crippen molar-refractivity contribution in [3.05, 3.63) is 205 Å². The van der Waals surface area contributed by atoms with Gasteiger partial charge in [0.1, 0.15) is 0 Å². The third-order valence-corrected chi connectivity index (χ3v) is 9.83. The molecule has 0 saturated carbocycles. The molecular weight excluding hydrogens is 631 g/mol. The van der Waals surface area contributed by atoms with Gasteiger partial charge in [0.15, 0.2) is 11.7 Å². The first-order valence-electron chi connectivity index (χ1n) is 17.5. The molecule has 0 atom stereocenters. The number of fused-ring (bicyclic) bond motifs is 5. The molecule has 0 bridgehead atoms. The number of aliphatic imine (C=N–C) groups is 2. The minimum atomic E-state index is 0.149. The second kappa shape index (κ2) is 13.4. The van der Waals surface area contributed by atoms with Gasteiger partial charge in [-0.25, -0.2) is 9.98 Å². The monoisotopic (exact) mass is 663 g/mol. The molecule has 0 aromatic heterocycles. The average Bonchev–Trinajstić information content (AvgIpc) is 3.22. The fraction of sp³-hybridized carbons (Fsp3) is 0. The maximum absolute atomic E-state index is 9.18. The minimum Gasteiger partial charge on any atom is -0.282 e. The molecule has 0 aliphatic rings. The first kappa shape index (κ1) is 31.0. The largest absolute Gasteiger partial charge is 0.282 e. The molecule has 244 valence electrons. The Morgan fingerprint density at radius 2 is 1.02 bits per heavy atom. The predicted molar refractivity (Wildman–Crippen MR) is 221 cm³/mol. The zero-order chi connectivity index (χ0) is 34.9. The normalized spacial score (nSPS) is 12.0. The van der Waals surface area contributed by atoms with Crippen molar-refractivity contribution < 1.29 is 0 Å². The molecule has 52 heavy (non-hydrogen) atoms. The summed E-state index contributed by atoms with van der Waals surface area (Å²) in [5, 5.41) is 18.5. The lowest BCUT2D eigenvalue weighted by Crippen LogP contribution is -2.05. The molecule has 9 rings (SSSR count). The van der Waals surface area contributed by atoms with Gasteiger partial charge in [-0.15, -0.1) is 0 Å². The number of hydrogen-bond donors (Lipinski definition) is 1. The summed E-state index contributed by atoms with van der Waals surface area (Å²) in [6.45, 7) is 0. The van der Waals surface area contributed by atoms with Crippen LogP contribution in [0.25, 0.3) is 65.3 Å². The van der Waals surface area contributed by atoms with Crippen LogP contribution in [-0.2, 0) is 0 Å². The van der Waals surface area contributed by atoms with Crippen LogP contribution >= 0.6 is 0 Å². The molecule has 0 radical (unpaired) electrons. The summed E-state index contributed by atoms with van der Waals surface area (Å²) in [6.07, 6.45) is 1.94. The lowest BCUT2D eigenvalue weighted by molar-refractivity contribution is 1.40. The third-order valence-electron chi connectivity index (χ3n) is 9.83. The zero-order valence-corrected chi connectivity index (χ0v) is 28.4. The molecule has 3 heteroatoms. The zero-order valence-electron chi connectivity index (χ0n) is 28.4. The highest BCUT2D eigenvalue weighted by molar-refractivity contribution is 6.22. The quantitative estimate of drug-likeness (QED) is 0.0825. The number of amidine groups is 2. The Morgan fingerprint density at radius 3 is 1.83 bits per heavy atom. The number of hydrogen-bond acceptors (Lipinski definition) is 1. The van der Waals surface area contributed by atoms with Crippen molar-refractivity contribution >= 4 is 61.0 Å². The van der Waals surface area contributed by atoms with Crippen LogP contribution in [0.4, 0.5) is 0 Å². The van der Waals surface area contributed by atoms with Crippen LogP contribution in [0.2, 0.25) is 0 Å². The standard InChI is InChI=1S/C49H33N3/c50-48(37-26-24-34(25-27-37)33-12-2-1-3-13-33)52-49(40-19-10-18-38(30-40)43-23-11-17-35-14-4-7-20-41(35)43)51-32-47-44-22-9-6-16-39(44)31-46-42-21-8-5-15-36(42)28-29-45(46)47/h1-32,50H. The molecule has 0 fully saturated rings. The maximum Gasteiger partial charge on any atom is 0.161 e. The van der Waals surface area contributed by atoms with Crippen LogP contribution in [0.3, 0.4) is 0 Å². The highest BCUT2D eigenvalue weighted by Crippen LogP contribution is 2.33. The van der Waals surface area contributed by atoms with E-state index in [2.05, 4.69) is 140 Å². The van der Waals surface area contributed by atoms with Gasteiger partial charge in [-0.1, -0.05) is 176 Å². The third kappa shape index (κ3) is 5.85. The van der Waals surface area contributed by atoms with Gasteiger partial charge in [0.2, 0.25) is 0 Å². The van der Waals surface area contributed by atoms with E-state index in [0.717, 1.165) is 55.1 Å². The van der Waals surface area contributed by atoms with Crippen LogP contribution in [0.15, 0.2) is 198 Å². The van der Waals surface area contributed by atoms with E-state index in [9.17, 15) is 5.41 Å². The lowest BCUT2D eigenvalue weighted by Gasteiger charge is -2.12. The molecule has 0 unspecified atom stereocenters. The first-order chi connectivity index (χ1) is 25.7. The first-order valence-corrected chi connectivity index (χ1v) is 17.5. The van der Waals surface area contributed by atoms with Gasteiger partial charge >= 0.3 is 0 Å². The van der Waals surface area contributed by atoms with Crippen molar-refractivity contribution in [2.24, 2.45) is 9.98 Å². The van der Waals surface area contributed by atoms with Crippen LogP contribution in [0.1, 0.15) is 16.7 Å². The van der Waals surface area contributed by atoms with Gasteiger partial charge in [-0.3, -0.25) is 5.41 Å². The Hall–Kier alpha value is -6.97. The molecule has 0 amide bonds. The van der Waals surface area contributed by atoms with E-state index in [1.807, 2.05) is 54.7 Å². The van der Waals surface area contributed by atoms with E-state index in [4.69, 9.17) is 9.98 Å². The molecule has 0 aliphatic heterocycles. The summed E-state index contributed by atoms with van der Waals surface area (Å²) >= 11 is 0. The van der Waals surface area contributed by atoms with Gasteiger partial charge in [0.25, 0.3) is 0 Å². The summed E-state index contributed by atoms with van der Waals surface area (Å²) < 4.78 is 0. The van der Waals surface area contributed by atoms with E-state index in [0.29, 0.717) is 5.84 Å². The van der Waals surface area contributed by atoms with Crippen LogP contribution in [0, 0.1) is 5.41 Å². The van der Waals surface area contributed by atoms with Gasteiger partial charge in [-0.2, -0.15) is 0 Å². The van der Waals surface area contributed by atoms with E-state index in [-0.39, 0.29) is 5.84 Å². The molecule has 1 N–H and O–H groups in total. The molecule has 0 spiro atoms. The molecule has 0 saturated heterocycles. The summed E-state index contributed by atoms with van der Waals surface area (Å²) in [5.41, 5.74) is 7.02. The van der Waals surface area contributed by atoms with Crippen LogP contribution < -0.4 is 0 Å². The van der Waals surface area contributed by atoms with E-state index >= 15 is 0 Å². The second-order valence-electron chi connectivity index (χ2n) is 13.0. The Morgan fingerprint density at radius 1 is 0.404 bits per heavy atom. The van der Waals surface area contributed by atoms with Crippen molar-refractivity contribution in [1.29, 1.82) is 5.41 Å².